The number of carbonyl (C=O) groups is 2. The molecule has 5 heteroatoms. The average Bonchev–Trinajstić information content (AvgIpc) is 2.87. The maximum absolute atomic E-state index is 12.0. The molecule has 0 spiro atoms. The van der Waals surface area contributed by atoms with Crippen LogP contribution in [0.2, 0.25) is 0 Å². The summed E-state index contributed by atoms with van der Waals surface area (Å²) in [6.07, 6.45) is 3.93. The first-order valence-electron chi connectivity index (χ1n) is 6.91. The molecule has 0 aliphatic heterocycles. The van der Waals surface area contributed by atoms with E-state index in [9.17, 15) is 9.59 Å². The van der Waals surface area contributed by atoms with E-state index in [4.69, 9.17) is 10.8 Å². The van der Waals surface area contributed by atoms with Crippen molar-refractivity contribution in [3.05, 3.63) is 35.4 Å². The van der Waals surface area contributed by atoms with E-state index in [0.717, 1.165) is 31.2 Å². The van der Waals surface area contributed by atoms with E-state index in [1.54, 1.807) is 24.3 Å². The summed E-state index contributed by atoms with van der Waals surface area (Å²) < 4.78 is 0. The van der Waals surface area contributed by atoms with Gasteiger partial charge in [0.25, 0.3) is 0 Å². The van der Waals surface area contributed by atoms with Gasteiger partial charge in [-0.3, -0.25) is 4.79 Å². The fourth-order valence-electron chi connectivity index (χ4n) is 2.67. The van der Waals surface area contributed by atoms with Gasteiger partial charge >= 0.3 is 5.97 Å². The molecule has 1 saturated carbocycles. The third kappa shape index (κ3) is 3.17. The fraction of sp³-hybridized carbons (Fsp3) is 0.467. The molecular formula is C15H20N2O3. The van der Waals surface area contributed by atoms with Crippen LogP contribution in [-0.4, -0.2) is 29.1 Å². The van der Waals surface area contributed by atoms with Crippen LogP contribution in [-0.2, 0) is 11.2 Å². The zero-order valence-corrected chi connectivity index (χ0v) is 11.4. The summed E-state index contributed by atoms with van der Waals surface area (Å²) in [4.78, 5) is 23.1. The van der Waals surface area contributed by atoms with Gasteiger partial charge in [0.2, 0.25) is 5.91 Å². The first kappa shape index (κ1) is 14.5. The third-order valence-electron chi connectivity index (χ3n) is 3.88. The van der Waals surface area contributed by atoms with Crippen LogP contribution in [0.25, 0.3) is 0 Å². The van der Waals surface area contributed by atoms with Gasteiger partial charge in [0, 0.05) is 6.54 Å². The van der Waals surface area contributed by atoms with Crippen molar-refractivity contribution in [2.24, 2.45) is 5.73 Å². The lowest BCUT2D eigenvalue weighted by Crippen LogP contribution is -2.52. The quantitative estimate of drug-likeness (QED) is 0.756. The maximum Gasteiger partial charge on any atom is 0.335 e. The van der Waals surface area contributed by atoms with E-state index < -0.39 is 11.5 Å². The van der Waals surface area contributed by atoms with Crippen molar-refractivity contribution in [2.75, 3.05) is 6.54 Å². The molecule has 1 aromatic carbocycles. The summed E-state index contributed by atoms with van der Waals surface area (Å²) in [5.41, 5.74) is 6.33. The number of nitrogens with two attached hydrogens (primary N) is 1. The van der Waals surface area contributed by atoms with Crippen LogP contribution in [0.5, 0.6) is 0 Å². The molecule has 20 heavy (non-hydrogen) atoms. The van der Waals surface area contributed by atoms with Gasteiger partial charge in [-0.05, 0) is 30.9 Å². The number of carboxylic acid groups (broad SMARTS) is 1. The second-order valence-corrected chi connectivity index (χ2v) is 5.33. The lowest BCUT2D eigenvalue weighted by molar-refractivity contribution is -0.126. The van der Waals surface area contributed by atoms with Crippen LogP contribution < -0.4 is 11.1 Å². The van der Waals surface area contributed by atoms with Crippen molar-refractivity contribution in [3.63, 3.8) is 0 Å². The maximum atomic E-state index is 12.0. The largest absolute Gasteiger partial charge is 0.478 e. The van der Waals surface area contributed by atoms with Gasteiger partial charge in [0.05, 0.1) is 11.1 Å². The molecule has 0 bridgehead atoms. The molecule has 1 amide bonds. The van der Waals surface area contributed by atoms with Crippen molar-refractivity contribution >= 4 is 11.9 Å². The number of aromatic carboxylic acids is 1. The number of hydrogen-bond donors (Lipinski definition) is 3. The summed E-state index contributed by atoms with van der Waals surface area (Å²) >= 11 is 0. The Hall–Kier alpha value is -1.88. The van der Waals surface area contributed by atoms with E-state index in [1.807, 2.05) is 0 Å². The van der Waals surface area contributed by atoms with Gasteiger partial charge in [0.1, 0.15) is 0 Å². The minimum Gasteiger partial charge on any atom is -0.478 e. The Morgan fingerprint density at radius 3 is 2.55 bits per heavy atom. The van der Waals surface area contributed by atoms with Gasteiger partial charge in [-0.15, -0.1) is 0 Å². The number of nitrogens with one attached hydrogen (secondary N) is 1. The molecule has 0 unspecified atom stereocenters. The van der Waals surface area contributed by atoms with Crippen LogP contribution in [0.3, 0.4) is 0 Å². The Labute approximate surface area is 118 Å². The standard InChI is InChI=1S/C15H20N2O3/c16-15(8-3-4-9-15)14(20)17-10-7-11-5-1-2-6-12(11)13(18)19/h1-2,5-6H,3-4,7-10,16H2,(H,17,20)(H,18,19). The number of carboxylic acids is 1. The third-order valence-corrected chi connectivity index (χ3v) is 3.88. The van der Waals surface area contributed by atoms with Crippen LogP contribution in [0.15, 0.2) is 24.3 Å². The molecule has 0 atom stereocenters. The molecule has 4 N–H and O–H groups in total. The van der Waals surface area contributed by atoms with E-state index in [-0.39, 0.29) is 11.5 Å². The highest BCUT2D eigenvalue weighted by Gasteiger charge is 2.36. The number of amides is 1. The highest BCUT2D eigenvalue weighted by Crippen LogP contribution is 2.27. The summed E-state index contributed by atoms with van der Waals surface area (Å²) in [5, 5.41) is 11.9. The first-order valence-corrected chi connectivity index (χ1v) is 6.91. The Kier molecular flexibility index (Phi) is 4.39. The minimum atomic E-state index is -0.946. The zero-order valence-electron chi connectivity index (χ0n) is 11.4. The summed E-state index contributed by atoms with van der Waals surface area (Å²) in [7, 11) is 0. The molecule has 0 radical (unpaired) electrons. The Balaban J connectivity index is 1.90. The Morgan fingerprint density at radius 1 is 1.25 bits per heavy atom. The van der Waals surface area contributed by atoms with E-state index in [1.165, 1.54) is 0 Å². The van der Waals surface area contributed by atoms with Gasteiger partial charge in [-0.1, -0.05) is 31.0 Å². The van der Waals surface area contributed by atoms with Crippen LogP contribution in [0.4, 0.5) is 0 Å². The molecule has 5 nitrogen and oxygen atoms in total. The summed E-state index contributed by atoms with van der Waals surface area (Å²) in [6, 6.07) is 6.83. The second kappa shape index (κ2) is 6.05. The molecule has 0 saturated heterocycles. The van der Waals surface area contributed by atoms with Gasteiger partial charge in [-0.25, -0.2) is 4.79 Å². The van der Waals surface area contributed by atoms with Crippen molar-refractivity contribution in [2.45, 2.75) is 37.6 Å². The Bertz CT molecular complexity index is 508. The molecule has 2 rings (SSSR count). The number of rotatable bonds is 5. The SMILES string of the molecule is NC1(C(=O)NCCc2ccccc2C(=O)O)CCCC1. The lowest BCUT2D eigenvalue weighted by atomic mass is 9.98. The minimum absolute atomic E-state index is 0.122. The highest BCUT2D eigenvalue weighted by atomic mass is 16.4. The van der Waals surface area contributed by atoms with E-state index in [2.05, 4.69) is 5.32 Å². The molecule has 1 aromatic rings. The lowest BCUT2D eigenvalue weighted by Gasteiger charge is -2.22. The first-order chi connectivity index (χ1) is 9.53. The van der Waals surface area contributed by atoms with Crippen molar-refractivity contribution in [3.8, 4) is 0 Å². The average molecular weight is 276 g/mol. The molecule has 0 heterocycles. The fourth-order valence-corrected chi connectivity index (χ4v) is 2.67. The predicted octanol–water partition coefficient (Wildman–Crippen LogP) is 1.31. The van der Waals surface area contributed by atoms with Crippen LogP contribution in [0, 0.1) is 0 Å². The Morgan fingerprint density at radius 2 is 1.90 bits per heavy atom. The summed E-state index contributed by atoms with van der Waals surface area (Å²) in [5.74, 6) is -1.07. The smallest absolute Gasteiger partial charge is 0.335 e. The molecular weight excluding hydrogens is 256 g/mol. The zero-order chi connectivity index (χ0) is 14.6. The molecule has 108 valence electrons. The molecule has 1 fully saturated rings. The van der Waals surface area contributed by atoms with Crippen molar-refractivity contribution < 1.29 is 14.7 Å². The highest BCUT2D eigenvalue weighted by molar-refractivity contribution is 5.89. The normalized spacial score (nSPS) is 16.9. The van der Waals surface area contributed by atoms with Crippen LogP contribution >= 0.6 is 0 Å². The van der Waals surface area contributed by atoms with Gasteiger partial charge < -0.3 is 16.2 Å². The number of hydrogen-bond acceptors (Lipinski definition) is 3. The number of carbonyl (C=O) groups excluding carboxylic acids is 1. The van der Waals surface area contributed by atoms with Crippen molar-refractivity contribution in [1.82, 2.24) is 5.32 Å². The number of benzene rings is 1. The second-order valence-electron chi connectivity index (χ2n) is 5.33. The monoisotopic (exact) mass is 276 g/mol. The summed E-state index contributed by atoms with van der Waals surface area (Å²) in [6.45, 7) is 0.405. The molecule has 1 aliphatic carbocycles. The van der Waals surface area contributed by atoms with E-state index in [0.29, 0.717) is 13.0 Å². The van der Waals surface area contributed by atoms with Gasteiger partial charge in [-0.2, -0.15) is 0 Å². The predicted molar refractivity (Wildman–Crippen MR) is 75.5 cm³/mol. The topological polar surface area (TPSA) is 92.4 Å². The molecule has 1 aliphatic rings. The van der Waals surface area contributed by atoms with Gasteiger partial charge in [0.15, 0.2) is 0 Å². The van der Waals surface area contributed by atoms with Crippen LogP contribution in [0.1, 0.15) is 41.6 Å². The van der Waals surface area contributed by atoms with Crippen molar-refractivity contribution in [1.29, 1.82) is 0 Å². The molecule has 0 aromatic heterocycles. The van der Waals surface area contributed by atoms with E-state index >= 15 is 0 Å².